The van der Waals surface area contributed by atoms with Crippen molar-refractivity contribution in [1.29, 1.82) is 0 Å². The molecule has 0 saturated carbocycles. The Bertz CT molecular complexity index is 385. The lowest BCUT2D eigenvalue weighted by molar-refractivity contribution is 0.334. The van der Waals surface area contributed by atoms with Crippen LogP contribution in [0.1, 0.15) is 52.1 Å². The summed E-state index contributed by atoms with van der Waals surface area (Å²) < 4.78 is 0.973. The van der Waals surface area contributed by atoms with E-state index >= 15 is 0 Å². The van der Waals surface area contributed by atoms with Gasteiger partial charge in [-0.3, -0.25) is 0 Å². The van der Waals surface area contributed by atoms with E-state index in [0.717, 1.165) is 22.5 Å². The van der Waals surface area contributed by atoms with Crippen LogP contribution in [-0.2, 0) is 0 Å². The van der Waals surface area contributed by atoms with Gasteiger partial charge < -0.3 is 5.32 Å². The van der Waals surface area contributed by atoms with E-state index in [4.69, 9.17) is 11.6 Å². The van der Waals surface area contributed by atoms with Crippen molar-refractivity contribution in [2.24, 2.45) is 5.41 Å². The maximum atomic E-state index is 6.04. The molecule has 1 nitrogen and oxygen atoms in total. The van der Waals surface area contributed by atoms with E-state index in [0.29, 0.717) is 11.5 Å². The van der Waals surface area contributed by atoms with E-state index in [2.05, 4.69) is 61.1 Å². The van der Waals surface area contributed by atoms with Crippen molar-refractivity contribution < 1.29 is 0 Å². The number of nitrogens with one attached hydrogen (secondary N) is 1. The van der Waals surface area contributed by atoms with Gasteiger partial charge in [-0.05, 0) is 58.4 Å². The first-order valence-electron chi connectivity index (χ1n) is 6.52. The quantitative estimate of drug-likeness (QED) is 0.742. The summed E-state index contributed by atoms with van der Waals surface area (Å²) in [6, 6.07) is 6.60. The van der Waals surface area contributed by atoms with Crippen LogP contribution in [0.3, 0.4) is 0 Å². The molecule has 102 valence electrons. The van der Waals surface area contributed by atoms with Gasteiger partial charge in [0, 0.05) is 10.5 Å². The van der Waals surface area contributed by atoms with Crippen molar-refractivity contribution >= 4 is 27.5 Å². The summed E-state index contributed by atoms with van der Waals surface area (Å²) in [4.78, 5) is 0. The van der Waals surface area contributed by atoms with E-state index in [1.54, 1.807) is 0 Å². The van der Waals surface area contributed by atoms with E-state index in [9.17, 15) is 0 Å². The van der Waals surface area contributed by atoms with Crippen LogP contribution in [0, 0.1) is 5.41 Å². The Hall–Kier alpha value is -0.0500. The second-order valence-corrected chi connectivity index (χ2v) is 7.14. The summed E-state index contributed by atoms with van der Waals surface area (Å²) >= 11 is 9.54. The van der Waals surface area contributed by atoms with Gasteiger partial charge >= 0.3 is 0 Å². The molecule has 1 unspecified atom stereocenters. The Labute approximate surface area is 124 Å². The molecule has 0 aromatic heterocycles. The maximum Gasteiger partial charge on any atom is 0.0548 e. The summed E-state index contributed by atoms with van der Waals surface area (Å²) in [5.41, 5.74) is 1.68. The Balaban J connectivity index is 2.80. The minimum Gasteiger partial charge on any atom is -0.310 e. The van der Waals surface area contributed by atoms with Crippen LogP contribution >= 0.6 is 27.5 Å². The molecule has 0 heterocycles. The standard InChI is InChI=1S/C15H23BrClN/c1-5-18-14(8-9-15(2,3)4)11-6-7-13(17)12(16)10-11/h6-7,10,14,18H,5,8-9H2,1-4H3. The normalized spacial score (nSPS) is 13.7. The lowest BCUT2D eigenvalue weighted by atomic mass is 9.87. The van der Waals surface area contributed by atoms with E-state index < -0.39 is 0 Å². The number of benzene rings is 1. The fourth-order valence-corrected chi connectivity index (χ4v) is 2.45. The first kappa shape index (κ1) is 16.0. The molecule has 0 aliphatic heterocycles. The summed E-state index contributed by atoms with van der Waals surface area (Å²) in [6.07, 6.45) is 2.34. The predicted octanol–water partition coefficient (Wildman–Crippen LogP) is 5.58. The van der Waals surface area contributed by atoms with Crippen LogP contribution in [0.4, 0.5) is 0 Å². The monoisotopic (exact) mass is 331 g/mol. The predicted molar refractivity (Wildman–Crippen MR) is 84.3 cm³/mol. The van der Waals surface area contributed by atoms with Crippen LogP contribution in [0.25, 0.3) is 0 Å². The smallest absolute Gasteiger partial charge is 0.0548 e. The molecule has 0 aliphatic rings. The zero-order chi connectivity index (χ0) is 13.8. The topological polar surface area (TPSA) is 12.0 Å². The van der Waals surface area contributed by atoms with Gasteiger partial charge in [0.05, 0.1) is 5.02 Å². The molecule has 3 heteroatoms. The number of rotatable bonds is 5. The second-order valence-electron chi connectivity index (χ2n) is 5.88. The van der Waals surface area contributed by atoms with Gasteiger partial charge in [0.25, 0.3) is 0 Å². The zero-order valence-electron chi connectivity index (χ0n) is 11.7. The van der Waals surface area contributed by atoms with Crippen molar-refractivity contribution in [2.75, 3.05) is 6.54 Å². The van der Waals surface area contributed by atoms with Gasteiger partial charge in [-0.15, -0.1) is 0 Å². The summed E-state index contributed by atoms with van der Waals surface area (Å²) in [7, 11) is 0. The molecule has 1 aromatic carbocycles. The zero-order valence-corrected chi connectivity index (χ0v) is 14.0. The maximum absolute atomic E-state index is 6.04. The van der Waals surface area contributed by atoms with Crippen LogP contribution in [0.5, 0.6) is 0 Å². The first-order valence-corrected chi connectivity index (χ1v) is 7.69. The molecule has 0 saturated heterocycles. The average Bonchev–Trinajstić information content (AvgIpc) is 2.27. The highest BCUT2D eigenvalue weighted by atomic mass is 79.9. The van der Waals surface area contributed by atoms with Gasteiger partial charge in [-0.1, -0.05) is 45.4 Å². The van der Waals surface area contributed by atoms with Gasteiger partial charge in [-0.25, -0.2) is 0 Å². The molecule has 0 spiro atoms. The summed E-state index contributed by atoms with van der Waals surface area (Å²) in [6.45, 7) is 9.99. The minimum atomic E-state index is 0.372. The van der Waals surface area contributed by atoms with E-state index in [1.807, 2.05) is 6.07 Å². The van der Waals surface area contributed by atoms with Crippen molar-refractivity contribution in [1.82, 2.24) is 5.32 Å². The third-order valence-corrected chi connectivity index (χ3v) is 4.19. The van der Waals surface area contributed by atoms with Crippen molar-refractivity contribution in [2.45, 2.75) is 46.6 Å². The average molecular weight is 333 g/mol. The third-order valence-electron chi connectivity index (χ3n) is 2.98. The van der Waals surface area contributed by atoms with Crippen molar-refractivity contribution in [3.63, 3.8) is 0 Å². The molecule has 0 bridgehead atoms. The lowest BCUT2D eigenvalue weighted by Crippen LogP contribution is -2.22. The SMILES string of the molecule is CCNC(CCC(C)(C)C)c1ccc(Cl)c(Br)c1. The molecule has 1 N–H and O–H groups in total. The number of halogens is 2. The fraction of sp³-hybridized carbons (Fsp3) is 0.600. The van der Waals surface area contributed by atoms with Gasteiger partial charge in [0.15, 0.2) is 0 Å². The Morgan fingerprint density at radius 2 is 2.00 bits per heavy atom. The molecule has 1 aromatic rings. The fourth-order valence-electron chi connectivity index (χ4n) is 1.94. The first-order chi connectivity index (χ1) is 8.33. The Kier molecular flexibility index (Phi) is 6.16. The highest BCUT2D eigenvalue weighted by molar-refractivity contribution is 9.10. The van der Waals surface area contributed by atoms with Gasteiger partial charge in [0.1, 0.15) is 0 Å². The Morgan fingerprint density at radius 1 is 1.33 bits per heavy atom. The van der Waals surface area contributed by atoms with Gasteiger partial charge in [0.2, 0.25) is 0 Å². The molecular formula is C15H23BrClN. The second kappa shape index (κ2) is 6.93. The highest BCUT2D eigenvalue weighted by Crippen LogP contribution is 2.30. The molecular weight excluding hydrogens is 310 g/mol. The molecule has 0 aliphatic carbocycles. The van der Waals surface area contributed by atoms with Crippen molar-refractivity contribution in [3.8, 4) is 0 Å². The van der Waals surface area contributed by atoms with Crippen molar-refractivity contribution in [3.05, 3.63) is 33.3 Å². The molecule has 1 atom stereocenters. The largest absolute Gasteiger partial charge is 0.310 e. The van der Waals surface area contributed by atoms with Gasteiger partial charge in [-0.2, -0.15) is 0 Å². The van der Waals surface area contributed by atoms with E-state index in [1.165, 1.54) is 12.0 Å². The molecule has 18 heavy (non-hydrogen) atoms. The van der Waals surface area contributed by atoms with Crippen LogP contribution < -0.4 is 5.32 Å². The lowest BCUT2D eigenvalue weighted by Gasteiger charge is -2.24. The third kappa shape index (κ3) is 5.29. The van der Waals surface area contributed by atoms with E-state index in [-0.39, 0.29) is 0 Å². The van der Waals surface area contributed by atoms with Crippen LogP contribution in [0.2, 0.25) is 5.02 Å². The molecule has 0 radical (unpaired) electrons. The Morgan fingerprint density at radius 3 is 2.50 bits per heavy atom. The van der Waals surface area contributed by atoms with Crippen LogP contribution in [-0.4, -0.2) is 6.54 Å². The molecule has 0 fully saturated rings. The van der Waals surface area contributed by atoms with Crippen LogP contribution in [0.15, 0.2) is 22.7 Å². The summed E-state index contributed by atoms with van der Waals surface area (Å²) in [5.74, 6) is 0. The highest BCUT2D eigenvalue weighted by Gasteiger charge is 2.16. The molecule has 1 rings (SSSR count). The number of hydrogen-bond donors (Lipinski definition) is 1. The summed E-state index contributed by atoms with van der Waals surface area (Å²) in [5, 5.41) is 4.32. The number of hydrogen-bond acceptors (Lipinski definition) is 1. The minimum absolute atomic E-state index is 0.372. The molecule has 0 amide bonds.